The average Bonchev–Trinajstić information content (AvgIpc) is 3.77. The molecule has 0 radical (unpaired) electrons. The van der Waals surface area contributed by atoms with Crippen molar-refractivity contribution in [3.05, 3.63) is 214 Å². The summed E-state index contributed by atoms with van der Waals surface area (Å²) in [5, 5.41) is 0. The second-order valence-corrected chi connectivity index (χ2v) is 12.4. The van der Waals surface area contributed by atoms with Crippen LogP contribution in [0.3, 0.4) is 0 Å². The molecule has 0 saturated heterocycles. The van der Waals surface area contributed by atoms with Gasteiger partial charge in [-0.2, -0.15) is 0 Å². The molecule has 0 bridgehead atoms. The second-order valence-electron chi connectivity index (χ2n) is 12.4. The van der Waals surface area contributed by atoms with E-state index in [0.717, 1.165) is 67.4 Å². The number of aryl methyl sites for hydroxylation is 2. The lowest BCUT2D eigenvalue weighted by Crippen LogP contribution is -2.43. The minimum Gasteiger partial charge on any atom is -0.243 e. The molecule has 0 saturated carbocycles. The minimum atomic E-state index is -1.27. The van der Waals surface area contributed by atoms with Gasteiger partial charge in [0.25, 0.3) is 0 Å². The predicted molar refractivity (Wildman–Crippen MR) is 198 cm³/mol. The number of rotatable bonds is 7. The summed E-state index contributed by atoms with van der Waals surface area (Å²) < 4.78 is 0. The van der Waals surface area contributed by atoms with E-state index in [1.165, 1.54) is 0 Å². The molecule has 0 spiro atoms. The Bertz CT molecular complexity index is 1920. The van der Waals surface area contributed by atoms with Crippen LogP contribution in [0.15, 0.2) is 190 Å². The number of nitrogens with zero attached hydrogens (tertiary/aromatic N) is 4. The highest BCUT2D eigenvalue weighted by Crippen LogP contribution is 2.54. The van der Waals surface area contributed by atoms with Crippen molar-refractivity contribution in [2.24, 2.45) is 20.0 Å². The monoisotopic (exact) mass is 618 g/mol. The van der Waals surface area contributed by atoms with Crippen molar-refractivity contribution in [1.29, 1.82) is 0 Å². The van der Waals surface area contributed by atoms with Crippen LogP contribution in [0.5, 0.6) is 0 Å². The van der Waals surface area contributed by atoms with Crippen molar-refractivity contribution < 1.29 is 0 Å². The zero-order valence-electron chi connectivity index (χ0n) is 27.0. The fourth-order valence-electron chi connectivity index (χ4n) is 6.64. The molecule has 0 aliphatic carbocycles. The summed E-state index contributed by atoms with van der Waals surface area (Å²) in [6.45, 7) is 4.20. The Labute approximate surface area is 281 Å². The maximum absolute atomic E-state index is 5.76. The third-order valence-corrected chi connectivity index (χ3v) is 9.13. The summed E-state index contributed by atoms with van der Waals surface area (Å²) in [5.74, 6) is 0. The molecular weight excluding hydrogens is 585 g/mol. The van der Waals surface area contributed by atoms with E-state index in [9.17, 15) is 0 Å². The molecule has 0 atom stereocenters. The lowest BCUT2D eigenvalue weighted by atomic mass is 9.81. The number of benzene rings is 6. The van der Waals surface area contributed by atoms with Crippen molar-refractivity contribution in [3.63, 3.8) is 0 Å². The van der Waals surface area contributed by atoms with Crippen molar-refractivity contribution in [2.45, 2.75) is 25.2 Å². The van der Waals surface area contributed by atoms with E-state index in [0.29, 0.717) is 0 Å². The Morgan fingerprint density at radius 2 is 0.521 bits per heavy atom. The SMILES string of the molecule is Cc1ccc(C2(C3(c4ccc(C)cc4)N=C(c4ccccc4)C(c4ccccc4)=N3)N=C(c3ccccc3)C(c3ccccc3)=N2)cc1. The van der Waals surface area contributed by atoms with Gasteiger partial charge in [-0.15, -0.1) is 0 Å². The molecular formula is C44H34N4. The Kier molecular flexibility index (Phi) is 7.34. The second kappa shape index (κ2) is 12.0. The molecule has 2 aliphatic rings. The first-order valence-electron chi connectivity index (χ1n) is 16.3. The number of hydrogen-bond acceptors (Lipinski definition) is 4. The average molecular weight is 619 g/mol. The molecule has 230 valence electrons. The Hall–Kier alpha value is -6.00. The lowest BCUT2D eigenvalue weighted by molar-refractivity contribution is 0.257. The van der Waals surface area contributed by atoms with Crippen LogP contribution in [-0.4, -0.2) is 22.8 Å². The Balaban J connectivity index is 1.53. The van der Waals surface area contributed by atoms with E-state index in [2.05, 4.69) is 159 Å². The van der Waals surface area contributed by atoms with Crippen molar-refractivity contribution in [1.82, 2.24) is 0 Å². The first-order valence-corrected chi connectivity index (χ1v) is 16.3. The molecule has 4 nitrogen and oxygen atoms in total. The third kappa shape index (κ3) is 4.94. The van der Waals surface area contributed by atoms with Gasteiger partial charge in [0.05, 0.1) is 22.8 Å². The van der Waals surface area contributed by atoms with E-state index in [1.807, 2.05) is 24.3 Å². The summed E-state index contributed by atoms with van der Waals surface area (Å²) in [4.78, 5) is 23.0. The Morgan fingerprint density at radius 1 is 0.292 bits per heavy atom. The maximum atomic E-state index is 5.76. The van der Waals surface area contributed by atoms with E-state index in [-0.39, 0.29) is 0 Å². The summed E-state index contributed by atoms with van der Waals surface area (Å²) in [6, 6.07) is 58.5. The highest BCUT2D eigenvalue weighted by atomic mass is 15.3. The number of hydrogen-bond donors (Lipinski definition) is 0. The van der Waals surface area contributed by atoms with Gasteiger partial charge >= 0.3 is 0 Å². The van der Waals surface area contributed by atoms with Gasteiger partial charge in [0.1, 0.15) is 0 Å². The largest absolute Gasteiger partial charge is 0.243 e. The molecule has 0 unspecified atom stereocenters. The normalized spacial score (nSPS) is 16.1. The minimum absolute atomic E-state index is 0.814. The van der Waals surface area contributed by atoms with Crippen molar-refractivity contribution in [2.75, 3.05) is 0 Å². The summed E-state index contributed by atoms with van der Waals surface area (Å²) in [7, 11) is 0. The zero-order chi connectivity index (χ0) is 32.6. The molecule has 2 aliphatic heterocycles. The summed E-state index contributed by atoms with van der Waals surface area (Å²) >= 11 is 0. The van der Waals surface area contributed by atoms with Crippen molar-refractivity contribution >= 4 is 22.8 Å². The van der Waals surface area contributed by atoms with Gasteiger partial charge in [0.15, 0.2) is 0 Å². The third-order valence-electron chi connectivity index (χ3n) is 9.13. The topological polar surface area (TPSA) is 49.4 Å². The molecule has 2 heterocycles. The molecule has 0 amide bonds. The highest BCUT2D eigenvalue weighted by molar-refractivity contribution is 6.55. The van der Waals surface area contributed by atoms with Gasteiger partial charge in [-0.3, -0.25) is 0 Å². The van der Waals surface area contributed by atoms with Crippen LogP contribution < -0.4 is 0 Å². The molecule has 4 heteroatoms. The van der Waals surface area contributed by atoms with Crippen molar-refractivity contribution in [3.8, 4) is 0 Å². The lowest BCUT2D eigenvalue weighted by Gasteiger charge is -2.38. The smallest absolute Gasteiger partial charge is 0.226 e. The van der Waals surface area contributed by atoms with Crippen LogP contribution >= 0.6 is 0 Å². The van der Waals surface area contributed by atoms with E-state index >= 15 is 0 Å². The Morgan fingerprint density at radius 3 is 0.750 bits per heavy atom. The highest BCUT2D eigenvalue weighted by Gasteiger charge is 2.60. The first-order chi connectivity index (χ1) is 23.6. The number of aliphatic imine (C=N–C) groups is 4. The summed E-state index contributed by atoms with van der Waals surface area (Å²) in [6.07, 6.45) is 0. The molecule has 0 fully saturated rings. The van der Waals surface area contributed by atoms with Gasteiger partial charge in [0.2, 0.25) is 11.3 Å². The molecule has 6 aromatic rings. The van der Waals surface area contributed by atoms with Gasteiger partial charge in [-0.25, -0.2) is 20.0 Å². The van der Waals surface area contributed by atoms with Gasteiger partial charge in [0, 0.05) is 33.4 Å². The van der Waals surface area contributed by atoms with E-state index < -0.39 is 11.3 Å². The van der Waals surface area contributed by atoms with Crippen LogP contribution in [0.1, 0.15) is 44.5 Å². The fourth-order valence-corrected chi connectivity index (χ4v) is 6.64. The standard InChI is InChI=1S/C44H34N4/c1-31-23-27-37(28-24-31)43(45-39(33-15-7-3-8-16-33)40(46-43)34-17-9-4-10-18-34)44(38-29-25-32(2)26-30-38)47-41(35-19-11-5-12-20-35)42(48-44)36-21-13-6-14-22-36/h3-30H,1-2H3. The molecule has 0 aromatic heterocycles. The van der Waals surface area contributed by atoms with Crippen LogP contribution in [0.25, 0.3) is 0 Å². The van der Waals surface area contributed by atoms with Crippen LogP contribution in [0.2, 0.25) is 0 Å². The molecule has 48 heavy (non-hydrogen) atoms. The molecule has 0 N–H and O–H groups in total. The van der Waals surface area contributed by atoms with Gasteiger partial charge in [-0.05, 0) is 13.8 Å². The molecule has 8 rings (SSSR count). The van der Waals surface area contributed by atoms with Gasteiger partial charge in [-0.1, -0.05) is 181 Å². The first kappa shape index (κ1) is 29.4. The van der Waals surface area contributed by atoms with E-state index in [1.54, 1.807) is 0 Å². The summed E-state index contributed by atoms with van der Waals surface area (Å²) in [5.41, 5.74) is 8.82. The van der Waals surface area contributed by atoms with Gasteiger partial charge < -0.3 is 0 Å². The van der Waals surface area contributed by atoms with E-state index in [4.69, 9.17) is 20.0 Å². The van der Waals surface area contributed by atoms with Crippen LogP contribution in [0, 0.1) is 13.8 Å². The maximum Gasteiger partial charge on any atom is 0.226 e. The quantitative estimate of drug-likeness (QED) is 0.171. The zero-order valence-corrected chi connectivity index (χ0v) is 27.0. The van der Waals surface area contributed by atoms with Crippen LogP contribution in [-0.2, 0) is 11.3 Å². The predicted octanol–water partition coefficient (Wildman–Crippen LogP) is 9.29. The molecule has 6 aromatic carbocycles. The van der Waals surface area contributed by atoms with Crippen LogP contribution in [0.4, 0.5) is 0 Å². The fraction of sp³-hybridized carbons (Fsp3) is 0.0909.